The molecule has 0 saturated heterocycles. The molecule has 0 rings (SSSR count). The minimum Gasteiger partial charge on any atom is -0.334 e. The number of nitrogens with zero attached hydrogens (tertiary/aromatic N) is 1. The lowest BCUT2D eigenvalue weighted by molar-refractivity contribution is -0.133. The van der Waals surface area contributed by atoms with E-state index in [4.69, 9.17) is 0 Å². The highest BCUT2D eigenvalue weighted by molar-refractivity contribution is 5.77. The largest absolute Gasteiger partial charge is 0.334 e. The van der Waals surface area contributed by atoms with E-state index in [1.807, 2.05) is 6.92 Å². The number of likely N-dealkylation sites (N-methyl/N-ethyl adjacent to an activating group) is 1. The SMILES string of the molecule is CCN(C(C)=O)C(C)C=O. The Morgan fingerprint density at radius 1 is 1.70 bits per heavy atom. The fraction of sp³-hybridized carbons (Fsp3) is 0.714. The van der Waals surface area contributed by atoms with E-state index in [9.17, 15) is 9.59 Å². The molecule has 0 aromatic rings. The Bertz CT molecular complexity index is 134. The molecule has 3 nitrogen and oxygen atoms in total. The van der Waals surface area contributed by atoms with Crippen molar-refractivity contribution in [1.82, 2.24) is 4.90 Å². The lowest BCUT2D eigenvalue weighted by Crippen LogP contribution is -2.37. The standard InChI is InChI=1S/C7H13NO2/c1-4-8(7(3)10)6(2)5-9/h5-6H,4H2,1-3H3. The van der Waals surface area contributed by atoms with Crippen LogP contribution in [0.25, 0.3) is 0 Å². The van der Waals surface area contributed by atoms with Crippen molar-refractivity contribution in [3.8, 4) is 0 Å². The first-order valence-electron chi connectivity index (χ1n) is 3.36. The van der Waals surface area contributed by atoms with E-state index in [0.717, 1.165) is 6.29 Å². The summed E-state index contributed by atoms with van der Waals surface area (Å²) in [6.45, 7) is 5.61. The van der Waals surface area contributed by atoms with Crippen molar-refractivity contribution in [2.45, 2.75) is 26.8 Å². The maximum absolute atomic E-state index is 10.7. The van der Waals surface area contributed by atoms with Gasteiger partial charge in [0, 0.05) is 13.5 Å². The van der Waals surface area contributed by atoms with E-state index in [1.54, 1.807) is 6.92 Å². The second kappa shape index (κ2) is 4.04. The monoisotopic (exact) mass is 143 g/mol. The lowest BCUT2D eigenvalue weighted by atomic mass is 10.3. The molecule has 58 valence electrons. The quantitative estimate of drug-likeness (QED) is 0.538. The van der Waals surface area contributed by atoms with Gasteiger partial charge in [0.15, 0.2) is 0 Å². The summed E-state index contributed by atoms with van der Waals surface area (Å²) in [5.74, 6) is -0.0536. The number of rotatable bonds is 3. The molecule has 1 atom stereocenters. The van der Waals surface area contributed by atoms with Crippen molar-refractivity contribution < 1.29 is 9.59 Å². The summed E-state index contributed by atoms with van der Waals surface area (Å²) >= 11 is 0. The molecular formula is C7H13NO2. The third-order valence-corrected chi connectivity index (χ3v) is 1.43. The summed E-state index contributed by atoms with van der Waals surface area (Å²) in [6.07, 6.45) is 0.769. The van der Waals surface area contributed by atoms with E-state index in [0.29, 0.717) is 6.54 Å². The summed E-state index contributed by atoms with van der Waals surface area (Å²) in [5.41, 5.74) is 0. The van der Waals surface area contributed by atoms with Gasteiger partial charge in [-0.3, -0.25) is 4.79 Å². The second-order valence-electron chi connectivity index (χ2n) is 2.18. The molecule has 1 amide bonds. The molecule has 0 aliphatic carbocycles. The highest BCUT2D eigenvalue weighted by Crippen LogP contribution is 1.94. The number of aldehydes is 1. The fourth-order valence-electron chi connectivity index (χ4n) is 0.871. The topological polar surface area (TPSA) is 37.4 Å². The van der Waals surface area contributed by atoms with E-state index < -0.39 is 0 Å². The van der Waals surface area contributed by atoms with Crippen LogP contribution in [-0.2, 0) is 9.59 Å². The van der Waals surface area contributed by atoms with Gasteiger partial charge in [0.05, 0.1) is 6.04 Å². The van der Waals surface area contributed by atoms with Crippen molar-refractivity contribution in [1.29, 1.82) is 0 Å². The summed E-state index contributed by atoms with van der Waals surface area (Å²) < 4.78 is 0. The van der Waals surface area contributed by atoms with Crippen LogP contribution < -0.4 is 0 Å². The van der Waals surface area contributed by atoms with Crippen molar-refractivity contribution in [2.75, 3.05) is 6.54 Å². The average Bonchev–Trinajstić information content (AvgIpc) is 1.88. The van der Waals surface area contributed by atoms with Gasteiger partial charge in [-0.2, -0.15) is 0 Å². The maximum atomic E-state index is 10.7. The minimum atomic E-state index is -0.289. The first-order chi connectivity index (χ1) is 4.63. The minimum absolute atomic E-state index is 0.0536. The van der Waals surface area contributed by atoms with Crippen molar-refractivity contribution in [2.24, 2.45) is 0 Å². The molecule has 0 fully saturated rings. The van der Waals surface area contributed by atoms with Gasteiger partial charge in [-0.1, -0.05) is 0 Å². The van der Waals surface area contributed by atoms with Crippen LogP contribution >= 0.6 is 0 Å². The Hall–Kier alpha value is -0.860. The van der Waals surface area contributed by atoms with Crippen LogP contribution in [-0.4, -0.2) is 29.7 Å². The Labute approximate surface area is 61.0 Å². The highest BCUT2D eigenvalue weighted by Gasteiger charge is 2.12. The predicted molar refractivity (Wildman–Crippen MR) is 38.6 cm³/mol. The van der Waals surface area contributed by atoms with Gasteiger partial charge in [-0.05, 0) is 13.8 Å². The summed E-state index contributed by atoms with van der Waals surface area (Å²) in [6, 6.07) is -0.289. The Morgan fingerprint density at radius 3 is 2.30 bits per heavy atom. The van der Waals surface area contributed by atoms with Gasteiger partial charge in [0.1, 0.15) is 6.29 Å². The molecular weight excluding hydrogens is 130 g/mol. The zero-order valence-corrected chi connectivity index (χ0v) is 6.63. The summed E-state index contributed by atoms with van der Waals surface area (Å²) in [5, 5.41) is 0. The first-order valence-corrected chi connectivity index (χ1v) is 3.36. The van der Waals surface area contributed by atoms with Gasteiger partial charge < -0.3 is 9.69 Å². The second-order valence-corrected chi connectivity index (χ2v) is 2.18. The molecule has 0 heterocycles. The predicted octanol–water partition coefficient (Wildman–Crippen LogP) is 0.442. The van der Waals surface area contributed by atoms with Crippen LogP contribution in [0.3, 0.4) is 0 Å². The molecule has 0 aliphatic rings. The molecule has 0 aromatic carbocycles. The number of hydrogen-bond donors (Lipinski definition) is 0. The third-order valence-electron chi connectivity index (χ3n) is 1.43. The van der Waals surface area contributed by atoms with E-state index >= 15 is 0 Å². The average molecular weight is 143 g/mol. The van der Waals surface area contributed by atoms with Gasteiger partial charge in [0.25, 0.3) is 0 Å². The van der Waals surface area contributed by atoms with Crippen molar-refractivity contribution >= 4 is 12.2 Å². The smallest absolute Gasteiger partial charge is 0.220 e. The summed E-state index contributed by atoms with van der Waals surface area (Å²) in [4.78, 5) is 22.5. The number of carbonyl (C=O) groups excluding carboxylic acids is 2. The van der Waals surface area contributed by atoms with E-state index in [1.165, 1.54) is 11.8 Å². The van der Waals surface area contributed by atoms with Crippen LogP contribution in [0, 0.1) is 0 Å². The van der Waals surface area contributed by atoms with Gasteiger partial charge >= 0.3 is 0 Å². The molecule has 10 heavy (non-hydrogen) atoms. The molecule has 0 bridgehead atoms. The van der Waals surface area contributed by atoms with E-state index in [2.05, 4.69) is 0 Å². The van der Waals surface area contributed by atoms with Crippen LogP contribution in [0.5, 0.6) is 0 Å². The molecule has 1 unspecified atom stereocenters. The van der Waals surface area contributed by atoms with Crippen LogP contribution in [0.15, 0.2) is 0 Å². The lowest BCUT2D eigenvalue weighted by Gasteiger charge is -2.21. The van der Waals surface area contributed by atoms with Gasteiger partial charge in [-0.15, -0.1) is 0 Å². The number of amides is 1. The van der Waals surface area contributed by atoms with Gasteiger partial charge in [-0.25, -0.2) is 0 Å². The van der Waals surface area contributed by atoms with Crippen LogP contribution in [0.1, 0.15) is 20.8 Å². The van der Waals surface area contributed by atoms with E-state index in [-0.39, 0.29) is 11.9 Å². The van der Waals surface area contributed by atoms with Crippen molar-refractivity contribution in [3.05, 3.63) is 0 Å². The zero-order valence-electron chi connectivity index (χ0n) is 6.63. The van der Waals surface area contributed by atoms with Crippen LogP contribution in [0.2, 0.25) is 0 Å². The normalized spacial score (nSPS) is 12.3. The number of carbonyl (C=O) groups is 2. The maximum Gasteiger partial charge on any atom is 0.220 e. The summed E-state index contributed by atoms with van der Waals surface area (Å²) in [7, 11) is 0. The Morgan fingerprint density at radius 2 is 2.20 bits per heavy atom. The molecule has 3 heteroatoms. The molecule has 0 radical (unpaired) electrons. The highest BCUT2D eigenvalue weighted by atomic mass is 16.2. The third kappa shape index (κ3) is 2.17. The Balaban J connectivity index is 4.05. The molecule has 0 spiro atoms. The number of hydrogen-bond acceptors (Lipinski definition) is 2. The molecule has 0 aliphatic heterocycles. The zero-order chi connectivity index (χ0) is 8.15. The van der Waals surface area contributed by atoms with Gasteiger partial charge in [0.2, 0.25) is 5.91 Å². The fourth-order valence-corrected chi connectivity index (χ4v) is 0.871. The van der Waals surface area contributed by atoms with Crippen LogP contribution in [0.4, 0.5) is 0 Å². The molecule has 0 aromatic heterocycles. The Kier molecular flexibility index (Phi) is 3.69. The molecule has 0 N–H and O–H groups in total. The van der Waals surface area contributed by atoms with Crippen molar-refractivity contribution in [3.63, 3.8) is 0 Å². The first kappa shape index (κ1) is 9.14. The molecule has 0 saturated carbocycles.